The van der Waals surface area contributed by atoms with Gasteiger partial charge in [-0.1, -0.05) is 6.07 Å². The standard InChI is InChI=1S/C20H21N5O4/c1-13(22-20(28)15-7-10-29-12-15)18(26)23-16-5-3-6-17(11-16)24-19(27)14(2)25-9-4-8-21-25/h3-14H,1-2H3,(H,22,28)(H,23,26)(H,24,27)/t13-,14-/m0/s1. The van der Waals surface area contributed by atoms with E-state index in [1.165, 1.54) is 18.6 Å². The summed E-state index contributed by atoms with van der Waals surface area (Å²) in [5, 5.41) is 12.2. The van der Waals surface area contributed by atoms with Gasteiger partial charge < -0.3 is 20.4 Å². The first-order valence-electron chi connectivity index (χ1n) is 8.98. The van der Waals surface area contributed by atoms with E-state index in [-0.39, 0.29) is 5.91 Å². The summed E-state index contributed by atoms with van der Waals surface area (Å²) in [6.07, 6.45) is 6.00. The number of carbonyl (C=O) groups excluding carboxylic acids is 3. The zero-order chi connectivity index (χ0) is 20.8. The number of amides is 3. The summed E-state index contributed by atoms with van der Waals surface area (Å²) in [6, 6.07) is 8.75. The van der Waals surface area contributed by atoms with Crippen LogP contribution in [0.3, 0.4) is 0 Å². The first kappa shape index (κ1) is 19.9. The Morgan fingerprint density at radius 1 is 1.03 bits per heavy atom. The molecular weight excluding hydrogens is 374 g/mol. The Bertz CT molecular complexity index is 982. The maximum absolute atomic E-state index is 12.4. The molecular formula is C20H21N5O4. The normalized spacial score (nSPS) is 12.6. The predicted molar refractivity (Wildman–Crippen MR) is 106 cm³/mol. The van der Waals surface area contributed by atoms with Crippen molar-refractivity contribution in [2.24, 2.45) is 0 Å². The Hall–Kier alpha value is -3.88. The molecule has 0 bridgehead atoms. The number of hydrogen-bond donors (Lipinski definition) is 3. The molecule has 2 aromatic heterocycles. The summed E-state index contributed by atoms with van der Waals surface area (Å²) >= 11 is 0. The summed E-state index contributed by atoms with van der Waals surface area (Å²) in [4.78, 5) is 36.7. The van der Waals surface area contributed by atoms with Gasteiger partial charge in [0.05, 0.1) is 11.8 Å². The Kier molecular flexibility index (Phi) is 6.08. The van der Waals surface area contributed by atoms with Crippen LogP contribution in [-0.4, -0.2) is 33.5 Å². The molecule has 9 heteroatoms. The number of benzene rings is 1. The summed E-state index contributed by atoms with van der Waals surface area (Å²) in [7, 11) is 0. The van der Waals surface area contributed by atoms with Crippen LogP contribution in [0.4, 0.5) is 11.4 Å². The Labute approximate surface area is 167 Å². The molecule has 0 saturated heterocycles. The molecule has 3 amide bonds. The van der Waals surface area contributed by atoms with E-state index in [1.807, 2.05) is 0 Å². The minimum atomic E-state index is -0.768. The summed E-state index contributed by atoms with van der Waals surface area (Å²) in [5.41, 5.74) is 1.35. The van der Waals surface area contributed by atoms with Crippen LogP contribution >= 0.6 is 0 Å². The van der Waals surface area contributed by atoms with Crippen LogP contribution in [0.25, 0.3) is 0 Å². The van der Waals surface area contributed by atoms with Gasteiger partial charge in [0.2, 0.25) is 11.8 Å². The molecule has 150 valence electrons. The molecule has 9 nitrogen and oxygen atoms in total. The van der Waals surface area contributed by atoms with Crippen molar-refractivity contribution in [3.05, 3.63) is 66.9 Å². The minimum Gasteiger partial charge on any atom is -0.472 e. The highest BCUT2D eigenvalue weighted by molar-refractivity contribution is 6.01. The first-order valence-corrected chi connectivity index (χ1v) is 8.98. The molecule has 2 heterocycles. The van der Waals surface area contributed by atoms with E-state index in [1.54, 1.807) is 61.3 Å². The van der Waals surface area contributed by atoms with E-state index >= 15 is 0 Å². The van der Waals surface area contributed by atoms with Crippen molar-refractivity contribution < 1.29 is 18.8 Å². The highest BCUT2D eigenvalue weighted by Gasteiger charge is 2.18. The van der Waals surface area contributed by atoms with Crippen molar-refractivity contribution in [1.82, 2.24) is 15.1 Å². The van der Waals surface area contributed by atoms with Crippen LogP contribution in [0, 0.1) is 0 Å². The molecule has 0 aliphatic rings. The van der Waals surface area contributed by atoms with Gasteiger partial charge in [-0.25, -0.2) is 0 Å². The van der Waals surface area contributed by atoms with E-state index < -0.39 is 23.9 Å². The Balaban J connectivity index is 1.58. The van der Waals surface area contributed by atoms with Crippen molar-refractivity contribution in [3.63, 3.8) is 0 Å². The molecule has 0 spiro atoms. The van der Waals surface area contributed by atoms with Gasteiger partial charge in [-0.3, -0.25) is 19.1 Å². The molecule has 0 aliphatic carbocycles. The number of aromatic nitrogens is 2. The number of hydrogen-bond acceptors (Lipinski definition) is 5. The number of furan rings is 1. The molecule has 0 radical (unpaired) electrons. The Morgan fingerprint density at radius 2 is 1.76 bits per heavy atom. The maximum atomic E-state index is 12.4. The van der Waals surface area contributed by atoms with Crippen LogP contribution in [0.5, 0.6) is 0 Å². The maximum Gasteiger partial charge on any atom is 0.255 e. The van der Waals surface area contributed by atoms with E-state index in [9.17, 15) is 14.4 Å². The molecule has 0 saturated carbocycles. The average molecular weight is 395 g/mol. The topological polar surface area (TPSA) is 118 Å². The third-order valence-electron chi connectivity index (χ3n) is 4.22. The lowest BCUT2D eigenvalue weighted by Gasteiger charge is -2.15. The molecule has 0 fully saturated rings. The predicted octanol–water partition coefficient (Wildman–Crippen LogP) is 2.43. The molecule has 0 aliphatic heterocycles. The van der Waals surface area contributed by atoms with Gasteiger partial charge in [0.25, 0.3) is 5.91 Å². The number of nitrogens with zero attached hydrogens (tertiary/aromatic N) is 2. The lowest BCUT2D eigenvalue weighted by Crippen LogP contribution is -2.41. The summed E-state index contributed by atoms with van der Waals surface area (Å²) in [5.74, 6) is -1.04. The highest BCUT2D eigenvalue weighted by atomic mass is 16.3. The van der Waals surface area contributed by atoms with E-state index in [0.29, 0.717) is 16.9 Å². The molecule has 3 aromatic rings. The van der Waals surface area contributed by atoms with Crippen LogP contribution < -0.4 is 16.0 Å². The third-order valence-corrected chi connectivity index (χ3v) is 4.22. The van der Waals surface area contributed by atoms with Crippen molar-refractivity contribution in [1.29, 1.82) is 0 Å². The SMILES string of the molecule is C[C@H](NC(=O)c1ccoc1)C(=O)Nc1cccc(NC(=O)[C@H](C)n2cccn2)c1. The number of rotatable bonds is 7. The second-order valence-electron chi connectivity index (χ2n) is 6.43. The minimum absolute atomic E-state index is 0.238. The fourth-order valence-electron chi connectivity index (χ4n) is 2.54. The van der Waals surface area contributed by atoms with Gasteiger partial charge in [-0.05, 0) is 44.2 Å². The largest absolute Gasteiger partial charge is 0.472 e. The van der Waals surface area contributed by atoms with Gasteiger partial charge in [-0.15, -0.1) is 0 Å². The van der Waals surface area contributed by atoms with Gasteiger partial charge in [-0.2, -0.15) is 5.10 Å². The number of carbonyl (C=O) groups is 3. The molecule has 0 unspecified atom stereocenters. The van der Waals surface area contributed by atoms with E-state index in [0.717, 1.165) is 0 Å². The number of nitrogens with one attached hydrogen (secondary N) is 3. The quantitative estimate of drug-likeness (QED) is 0.568. The molecule has 29 heavy (non-hydrogen) atoms. The molecule has 1 aromatic carbocycles. The third kappa shape index (κ3) is 5.10. The van der Waals surface area contributed by atoms with Crippen LogP contribution in [-0.2, 0) is 9.59 Å². The van der Waals surface area contributed by atoms with Crippen molar-refractivity contribution in [3.8, 4) is 0 Å². The van der Waals surface area contributed by atoms with Crippen molar-refractivity contribution in [2.75, 3.05) is 10.6 Å². The lowest BCUT2D eigenvalue weighted by atomic mass is 10.2. The second-order valence-corrected chi connectivity index (χ2v) is 6.43. The number of anilines is 2. The summed E-state index contributed by atoms with van der Waals surface area (Å²) < 4.78 is 6.40. The Morgan fingerprint density at radius 3 is 2.38 bits per heavy atom. The second kappa shape index (κ2) is 8.87. The smallest absolute Gasteiger partial charge is 0.255 e. The van der Waals surface area contributed by atoms with Gasteiger partial charge in [0.1, 0.15) is 18.3 Å². The van der Waals surface area contributed by atoms with Crippen LogP contribution in [0.2, 0.25) is 0 Å². The van der Waals surface area contributed by atoms with Gasteiger partial charge in [0, 0.05) is 23.8 Å². The summed E-state index contributed by atoms with van der Waals surface area (Å²) in [6.45, 7) is 3.31. The fourth-order valence-corrected chi connectivity index (χ4v) is 2.54. The average Bonchev–Trinajstić information content (AvgIpc) is 3.41. The van der Waals surface area contributed by atoms with Crippen molar-refractivity contribution >= 4 is 29.1 Å². The van der Waals surface area contributed by atoms with Gasteiger partial charge >= 0.3 is 0 Å². The fraction of sp³-hybridized carbons (Fsp3) is 0.200. The molecule has 3 rings (SSSR count). The van der Waals surface area contributed by atoms with Crippen LogP contribution in [0.1, 0.15) is 30.2 Å². The zero-order valence-corrected chi connectivity index (χ0v) is 16.0. The molecule has 2 atom stereocenters. The monoisotopic (exact) mass is 395 g/mol. The first-order chi connectivity index (χ1) is 13.9. The lowest BCUT2D eigenvalue weighted by molar-refractivity contribution is -0.119. The van der Waals surface area contributed by atoms with Crippen LogP contribution in [0.15, 0.2) is 65.7 Å². The van der Waals surface area contributed by atoms with Gasteiger partial charge in [0.15, 0.2) is 0 Å². The zero-order valence-electron chi connectivity index (χ0n) is 16.0. The van der Waals surface area contributed by atoms with E-state index in [4.69, 9.17) is 4.42 Å². The van der Waals surface area contributed by atoms with Crippen molar-refractivity contribution in [2.45, 2.75) is 25.9 Å². The van der Waals surface area contributed by atoms with E-state index in [2.05, 4.69) is 21.0 Å². The highest BCUT2D eigenvalue weighted by Crippen LogP contribution is 2.17. The molecule has 3 N–H and O–H groups in total.